The Balaban J connectivity index is 2.43. The highest BCUT2D eigenvalue weighted by Crippen LogP contribution is 2.04. The molecule has 5 nitrogen and oxygen atoms in total. The fourth-order valence-corrected chi connectivity index (χ4v) is 1.95. The lowest BCUT2D eigenvalue weighted by atomic mass is 10.1. The number of amides is 1. The van der Waals surface area contributed by atoms with Crippen LogP contribution in [0.15, 0.2) is 24.3 Å². The van der Waals surface area contributed by atoms with Gasteiger partial charge in [0, 0.05) is 6.54 Å². The molecule has 0 radical (unpaired) electrons. The van der Waals surface area contributed by atoms with Crippen LogP contribution in [0, 0.1) is 0 Å². The molecule has 0 saturated carbocycles. The molecule has 0 saturated heterocycles. The molecule has 0 bridgehead atoms. The van der Waals surface area contributed by atoms with Gasteiger partial charge in [-0.15, -0.1) is 0 Å². The first kappa shape index (κ1) is 15.5. The van der Waals surface area contributed by atoms with Crippen molar-refractivity contribution in [2.45, 2.75) is 19.0 Å². The summed E-state index contributed by atoms with van der Waals surface area (Å²) in [6.07, 6.45) is 2.61. The molecule has 4 N–H and O–H groups in total. The Kier molecular flexibility index (Phi) is 6.38. The SMILES string of the molecule is CSCC[C@H](N)C(=O)NCc1ccc(C(=O)O)cc1. The summed E-state index contributed by atoms with van der Waals surface area (Å²) in [5.74, 6) is -0.298. The number of rotatable bonds is 7. The number of hydrogen-bond acceptors (Lipinski definition) is 4. The molecule has 0 unspecified atom stereocenters. The van der Waals surface area contributed by atoms with E-state index in [1.54, 1.807) is 23.9 Å². The maximum Gasteiger partial charge on any atom is 0.335 e. The number of benzene rings is 1. The van der Waals surface area contributed by atoms with E-state index in [4.69, 9.17) is 10.8 Å². The van der Waals surface area contributed by atoms with Gasteiger partial charge in [-0.3, -0.25) is 4.79 Å². The number of nitrogens with one attached hydrogen (secondary N) is 1. The Hall–Kier alpha value is -1.53. The third kappa shape index (κ3) is 5.32. The lowest BCUT2D eigenvalue weighted by Gasteiger charge is -2.11. The minimum absolute atomic E-state index is 0.184. The van der Waals surface area contributed by atoms with Crippen LogP contribution in [0.25, 0.3) is 0 Å². The summed E-state index contributed by atoms with van der Waals surface area (Å²) in [7, 11) is 0. The van der Waals surface area contributed by atoms with Crippen LogP contribution in [0.3, 0.4) is 0 Å². The molecule has 1 atom stereocenters. The first-order chi connectivity index (χ1) is 9.04. The van der Waals surface area contributed by atoms with Gasteiger partial charge < -0.3 is 16.2 Å². The highest BCUT2D eigenvalue weighted by molar-refractivity contribution is 7.98. The van der Waals surface area contributed by atoms with Gasteiger partial charge in [0.2, 0.25) is 5.91 Å². The van der Waals surface area contributed by atoms with E-state index in [9.17, 15) is 9.59 Å². The highest BCUT2D eigenvalue weighted by Gasteiger charge is 2.12. The summed E-state index contributed by atoms with van der Waals surface area (Å²) in [5.41, 5.74) is 6.80. The van der Waals surface area contributed by atoms with Crippen molar-refractivity contribution in [3.8, 4) is 0 Å². The minimum Gasteiger partial charge on any atom is -0.478 e. The fraction of sp³-hybridized carbons (Fsp3) is 0.385. The monoisotopic (exact) mass is 282 g/mol. The summed E-state index contributed by atoms with van der Waals surface area (Å²) >= 11 is 1.65. The zero-order chi connectivity index (χ0) is 14.3. The number of nitrogens with two attached hydrogens (primary N) is 1. The molecular weight excluding hydrogens is 264 g/mol. The summed E-state index contributed by atoms with van der Waals surface area (Å²) in [5, 5.41) is 11.5. The lowest BCUT2D eigenvalue weighted by molar-refractivity contribution is -0.122. The molecule has 6 heteroatoms. The van der Waals surface area contributed by atoms with Crippen LogP contribution in [-0.2, 0) is 11.3 Å². The van der Waals surface area contributed by atoms with Crippen molar-refractivity contribution in [1.29, 1.82) is 0 Å². The summed E-state index contributed by atoms with van der Waals surface area (Å²) < 4.78 is 0. The van der Waals surface area contributed by atoms with Crippen molar-refractivity contribution >= 4 is 23.6 Å². The highest BCUT2D eigenvalue weighted by atomic mass is 32.2. The summed E-state index contributed by atoms with van der Waals surface area (Å²) in [6.45, 7) is 0.353. The largest absolute Gasteiger partial charge is 0.478 e. The van der Waals surface area contributed by atoms with E-state index >= 15 is 0 Å². The van der Waals surface area contributed by atoms with Crippen LogP contribution in [-0.4, -0.2) is 35.0 Å². The molecule has 0 spiro atoms. The zero-order valence-electron chi connectivity index (χ0n) is 10.8. The quantitative estimate of drug-likeness (QED) is 0.696. The van der Waals surface area contributed by atoms with Crippen molar-refractivity contribution in [1.82, 2.24) is 5.32 Å². The molecule has 0 aliphatic rings. The van der Waals surface area contributed by atoms with E-state index in [1.807, 2.05) is 6.26 Å². The first-order valence-corrected chi connectivity index (χ1v) is 7.28. The smallest absolute Gasteiger partial charge is 0.335 e. The summed E-state index contributed by atoms with van der Waals surface area (Å²) in [6, 6.07) is 5.88. The van der Waals surface area contributed by atoms with E-state index < -0.39 is 12.0 Å². The van der Waals surface area contributed by atoms with Crippen molar-refractivity contribution in [2.75, 3.05) is 12.0 Å². The second-order valence-electron chi connectivity index (χ2n) is 4.11. The fourth-order valence-electron chi connectivity index (χ4n) is 1.46. The molecule has 1 aromatic carbocycles. The normalized spacial score (nSPS) is 11.9. The van der Waals surface area contributed by atoms with Gasteiger partial charge in [-0.25, -0.2) is 4.79 Å². The third-order valence-electron chi connectivity index (χ3n) is 2.64. The van der Waals surface area contributed by atoms with Gasteiger partial charge in [0.1, 0.15) is 0 Å². The summed E-state index contributed by atoms with van der Waals surface area (Å²) in [4.78, 5) is 22.3. The predicted molar refractivity (Wildman–Crippen MR) is 76.2 cm³/mol. The standard InChI is InChI=1S/C13H18N2O3S/c1-19-7-6-11(14)12(16)15-8-9-2-4-10(5-3-9)13(17)18/h2-5,11H,6-8,14H2,1H3,(H,15,16)(H,17,18)/t11-/m0/s1. The van der Waals surface area contributed by atoms with Gasteiger partial charge in [0.15, 0.2) is 0 Å². The van der Waals surface area contributed by atoms with Crippen molar-refractivity contribution in [2.24, 2.45) is 5.73 Å². The Morgan fingerprint density at radius 2 is 2.00 bits per heavy atom. The zero-order valence-corrected chi connectivity index (χ0v) is 11.6. The molecule has 0 heterocycles. The second kappa shape index (κ2) is 7.81. The second-order valence-corrected chi connectivity index (χ2v) is 5.09. The van der Waals surface area contributed by atoms with Crippen LogP contribution in [0.1, 0.15) is 22.3 Å². The average molecular weight is 282 g/mol. The van der Waals surface area contributed by atoms with Gasteiger partial charge in [-0.1, -0.05) is 12.1 Å². The van der Waals surface area contributed by atoms with Crippen LogP contribution in [0.4, 0.5) is 0 Å². The van der Waals surface area contributed by atoms with Gasteiger partial charge in [0.05, 0.1) is 11.6 Å². The van der Waals surface area contributed by atoms with Crippen molar-refractivity contribution < 1.29 is 14.7 Å². The van der Waals surface area contributed by atoms with Crippen molar-refractivity contribution in [3.05, 3.63) is 35.4 Å². The average Bonchev–Trinajstić information content (AvgIpc) is 2.42. The van der Waals surface area contributed by atoms with Crippen molar-refractivity contribution in [3.63, 3.8) is 0 Å². The number of carbonyl (C=O) groups excluding carboxylic acids is 1. The minimum atomic E-state index is -0.963. The number of carbonyl (C=O) groups is 2. The Morgan fingerprint density at radius 3 is 2.53 bits per heavy atom. The number of aromatic carboxylic acids is 1. The Labute approximate surface area is 116 Å². The van der Waals surface area contributed by atoms with Crippen LogP contribution < -0.4 is 11.1 Å². The number of carboxylic acid groups (broad SMARTS) is 1. The Morgan fingerprint density at radius 1 is 1.37 bits per heavy atom. The van der Waals surface area contributed by atoms with E-state index in [1.165, 1.54) is 12.1 Å². The van der Waals surface area contributed by atoms with Gasteiger partial charge in [-0.05, 0) is 36.1 Å². The van der Waals surface area contributed by atoms with E-state index in [2.05, 4.69) is 5.32 Å². The maximum atomic E-state index is 11.7. The topological polar surface area (TPSA) is 92.4 Å². The molecule has 1 rings (SSSR count). The molecule has 1 aromatic rings. The maximum absolute atomic E-state index is 11.7. The van der Waals surface area contributed by atoms with Crippen LogP contribution >= 0.6 is 11.8 Å². The molecule has 0 fully saturated rings. The van der Waals surface area contributed by atoms with E-state index in [0.717, 1.165) is 11.3 Å². The number of thioether (sulfide) groups is 1. The molecule has 0 aliphatic carbocycles. The molecule has 104 valence electrons. The molecule has 0 aromatic heterocycles. The van der Waals surface area contributed by atoms with Gasteiger partial charge in [0.25, 0.3) is 0 Å². The predicted octanol–water partition coefficient (Wildman–Crippen LogP) is 1.08. The molecule has 19 heavy (non-hydrogen) atoms. The Bertz CT molecular complexity index is 434. The van der Waals surface area contributed by atoms with E-state index in [-0.39, 0.29) is 11.5 Å². The number of hydrogen-bond donors (Lipinski definition) is 3. The molecular formula is C13H18N2O3S. The molecule has 0 aliphatic heterocycles. The lowest BCUT2D eigenvalue weighted by Crippen LogP contribution is -2.40. The van der Waals surface area contributed by atoms with E-state index in [0.29, 0.717) is 13.0 Å². The molecule has 1 amide bonds. The first-order valence-electron chi connectivity index (χ1n) is 5.89. The van der Waals surface area contributed by atoms with Gasteiger partial charge >= 0.3 is 5.97 Å². The van der Waals surface area contributed by atoms with Gasteiger partial charge in [-0.2, -0.15) is 11.8 Å². The van der Waals surface area contributed by atoms with Crippen LogP contribution in [0.2, 0.25) is 0 Å². The van der Waals surface area contributed by atoms with Crippen LogP contribution in [0.5, 0.6) is 0 Å². The third-order valence-corrected chi connectivity index (χ3v) is 3.28. The number of carboxylic acids is 1.